The Morgan fingerprint density at radius 1 is 1.11 bits per heavy atom. The van der Waals surface area contributed by atoms with Crippen molar-refractivity contribution in [3.63, 3.8) is 0 Å². The van der Waals surface area contributed by atoms with Gasteiger partial charge in [-0.3, -0.25) is 0 Å². The minimum atomic E-state index is -0.729. The molecule has 0 saturated carbocycles. The Hall–Kier alpha value is -3.00. The predicted octanol–water partition coefficient (Wildman–Crippen LogP) is 3.47. The average molecular weight is 391 g/mol. The number of hydrogen-bond donors (Lipinski definition) is 4. The van der Waals surface area contributed by atoms with E-state index in [0.29, 0.717) is 22.2 Å². The summed E-state index contributed by atoms with van der Waals surface area (Å²) in [6, 6.07) is 7.21. The monoisotopic (exact) mass is 391 g/mol. The van der Waals surface area contributed by atoms with E-state index in [9.17, 15) is 23.1 Å². The number of nitrogens with one attached hydrogen (secondary N) is 3. The van der Waals surface area contributed by atoms with Gasteiger partial charge in [-0.25, -0.2) is 18.0 Å². The molecule has 0 aliphatic carbocycles. The van der Waals surface area contributed by atoms with Crippen molar-refractivity contribution in [3.05, 3.63) is 59.4 Å². The molecule has 2 aromatic carbocycles. The summed E-state index contributed by atoms with van der Waals surface area (Å²) < 4.78 is 41.2. The fourth-order valence-corrected chi connectivity index (χ4v) is 3.00. The molecule has 1 heterocycles. The number of hydrogen-bond acceptors (Lipinski definition) is 2. The molecule has 148 valence electrons. The molecule has 3 aromatic rings. The first-order valence-electron chi connectivity index (χ1n) is 8.80. The number of rotatable bonds is 6. The van der Waals surface area contributed by atoms with E-state index < -0.39 is 29.6 Å². The van der Waals surface area contributed by atoms with Gasteiger partial charge in [-0.1, -0.05) is 0 Å². The maximum atomic E-state index is 14.2. The van der Waals surface area contributed by atoms with E-state index in [0.717, 1.165) is 6.07 Å². The molecule has 0 aliphatic rings. The smallest absolute Gasteiger partial charge is 0.314 e. The lowest BCUT2D eigenvalue weighted by Gasteiger charge is -2.10. The van der Waals surface area contributed by atoms with Gasteiger partial charge in [0, 0.05) is 30.2 Å². The highest BCUT2D eigenvalue weighted by atomic mass is 19.1. The first-order valence-corrected chi connectivity index (χ1v) is 8.80. The quantitative estimate of drug-likeness (QED) is 0.519. The Balaban J connectivity index is 1.89. The van der Waals surface area contributed by atoms with E-state index in [4.69, 9.17) is 0 Å². The molecule has 28 heavy (non-hydrogen) atoms. The number of aromatic nitrogens is 1. The topological polar surface area (TPSA) is 77.2 Å². The van der Waals surface area contributed by atoms with E-state index in [-0.39, 0.29) is 25.0 Å². The largest absolute Gasteiger partial charge is 0.392 e. The fourth-order valence-electron chi connectivity index (χ4n) is 3.00. The highest BCUT2D eigenvalue weighted by molar-refractivity contribution is 5.91. The van der Waals surface area contributed by atoms with Gasteiger partial charge < -0.3 is 20.7 Å². The number of carbonyl (C=O) groups is 1. The van der Waals surface area contributed by atoms with Gasteiger partial charge in [-0.15, -0.1) is 0 Å². The second kappa shape index (κ2) is 8.35. The summed E-state index contributed by atoms with van der Waals surface area (Å²) in [5, 5.41) is 14.7. The average Bonchev–Trinajstić information content (AvgIpc) is 2.99. The number of fused-ring (bicyclic) bond motifs is 1. The number of benzene rings is 2. The summed E-state index contributed by atoms with van der Waals surface area (Å²) in [5.74, 6) is -1.85. The second-order valence-corrected chi connectivity index (χ2v) is 6.53. The van der Waals surface area contributed by atoms with Crippen molar-refractivity contribution in [2.24, 2.45) is 0 Å². The minimum absolute atomic E-state index is 0.107. The fraction of sp³-hybridized carbons (Fsp3) is 0.250. The molecule has 1 atom stereocenters. The van der Waals surface area contributed by atoms with Crippen LogP contribution in [-0.4, -0.2) is 35.3 Å². The van der Waals surface area contributed by atoms with Crippen LogP contribution in [0, 0.1) is 17.5 Å². The molecule has 0 saturated heterocycles. The Morgan fingerprint density at radius 2 is 1.82 bits per heavy atom. The lowest BCUT2D eigenvalue weighted by Crippen LogP contribution is -2.39. The van der Waals surface area contributed by atoms with Crippen LogP contribution in [0.4, 0.5) is 18.0 Å². The molecule has 0 bridgehead atoms. The molecule has 2 amide bonds. The molecule has 0 radical (unpaired) electrons. The molecule has 0 unspecified atom stereocenters. The van der Waals surface area contributed by atoms with Crippen molar-refractivity contribution in [1.29, 1.82) is 0 Å². The van der Waals surface area contributed by atoms with Gasteiger partial charge in [0.15, 0.2) is 0 Å². The highest BCUT2D eigenvalue weighted by Gasteiger charge is 2.17. The van der Waals surface area contributed by atoms with Gasteiger partial charge in [0.05, 0.1) is 11.6 Å². The second-order valence-electron chi connectivity index (χ2n) is 6.53. The third-order valence-corrected chi connectivity index (χ3v) is 4.28. The summed E-state index contributed by atoms with van der Waals surface area (Å²) in [4.78, 5) is 14.7. The number of aliphatic hydroxyl groups excluding tert-OH is 1. The van der Waals surface area contributed by atoms with Crippen LogP contribution in [0.1, 0.15) is 12.5 Å². The Morgan fingerprint density at radius 3 is 2.50 bits per heavy atom. The molecule has 0 fully saturated rings. The molecule has 0 spiro atoms. The maximum absolute atomic E-state index is 14.2. The first kappa shape index (κ1) is 19.8. The van der Waals surface area contributed by atoms with Gasteiger partial charge in [0.1, 0.15) is 17.5 Å². The lowest BCUT2D eigenvalue weighted by atomic mass is 10.0. The van der Waals surface area contributed by atoms with Crippen molar-refractivity contribution in [3.8, 4) is 11.3 Å². The summed E-state index contributed by atoms with van der Waals surface area (Å²) >= 11 is 0. The van der Waals surface area contributed by atoms with Crippen molar-refractivity contribution in [2.45, 2.75) is 19.4 Å². The molecular formula is C20H20F3N3O2. The van der Waals surface area contributed by atoms with Gasteiger partial charge in [-0.05, 0) is 54.8 Å². The maximum Gasteiger partial charge on any atom is 0.314 e. The summed E-state index contributed by atoms with van der Waals surface area (Å²) in [6.07, 6.45) is -0.382. The Kier molecular flexibility index (Phi) is 5.89. The van der Waals surface area contributed by atoms with E-state index in [1.807, 2.05) is 0 Å². The zero-order chi connectivity index (χ0) is 20.3. The van der Waals surface area contributed by atoms with Gasteiger partial charge in [-0.2, -0.15) is 0 Å². The Labute approximate surface area is 159 Å². The first-order chi connectivity index (χ1) is 13.3. The van der Waals surface area contributed by atoms with Crippen LogP contribution in [-0.2, 0) is 6.42 Å². The third-order valence-electron chi connectivity index (χ3n) is 4.28. The van der Waals surface area contributed by atoms with E-state index in [1.165, 1.54) is 18.2 Å². The zero-order valence-corrected chi connectivity index (χ0v) is 15.2. The molecule has 4 N–H and O–H groups in total. The summed E-state index contributed by atoms with van der Waals surface area (Å²) in [5.41, 5.74) is 1.90. The van der Waals surface area contributed by atoms with Crippen molar-refractivity contribution >= 4 is 16.9 Å². The van der Waals surface area contributed by atoms with Crippen LogP contribution in [0.15, 0.2) is 36.4 Å². The lowest BCUT2D eigenvalue weighted by molar-refractivity contribution is 0.187. The van der Waals surface area contributed by atoms with E-state index in [2.05, 4.69) is 15.6 Å². The molecular weight excluding hydrogens is 371 g/mol. The molecule has 3 rings (SSSR count). The van der Waals surface area contributed by atoms with Crippen molar-refractivity contribution in [2.75, 3.05) is 13.1 Å². The number of urea groups is 1. The molecule has 0 aliphatic heterocycles. The van der Waals surface area contributed by atoms with Crippen LogP contribution < -0.4 is 10.6 Å². The molecule has 8 heteroatoms. The number of aromatic amines is 1. The van der Waals surface area contributed by atoms with Crippen molar-refractivity contribution < 1.29 is 23.1 Å². The van der Waals surface area contributed by atoms with Crippen LogP contribution in [0.5, 0.6) is 0 Å². The number of amides is 2. The van der Waals surface area contributed by atoms with E-state index >= 15 is 0 Å². The van der Waals surface area contributed by atoms with Gasteiger partial charge in [0.25, 0.3) is 0 Å². The number of H-pyrrole nitrogens is 1. The predicted molar refractivity (Wildman–Crippen MR) is 100 cm³/mol. The van der Waals surface area contributed by atoms with E-state index in [1.54, 1.807) is 19.1 Å². The SMILES string of the molecule is C[C@H](O)CNC(=O)NCCc1c(-c2ccc(F)cc2)[nH]c2c(F)cc(F)cc12. The van der Waals surface area contributed by atoms with Crippen LogP contribution in [0.2, 0.25) is 0 Å². The van der Waals surface area contributed by atoms with Crippen LogP contribution in [0.3, 0.4) is 0 Å². The molecule has 5 nitrogen and oxygen atoms in total. The summed E-state index contributed by atoms with van der Waals surface area (Å²) in [6.45, 7) is 1.85. The Bertz CT molecular complexity index is 985. The van der Waals surface area contributed by atoms with Crippen LogP contribution in [0.25, 0.3) is 22.2 Å². The minimum Gasteiger partial charge on any atom is -0.392 e. The van der Waals surface area contributed by atoms with Gasteiger partial charge in [0.2, 0.25) is 0 Å². The standard InChI is InChI=1S/C20H20F3N3O2/c1-11(27)10-25-20(28)24-7-6-15-16-8-14(22)9-17(23)19(16)26-18(15)12-2-4-13(21)5-3-12/h2-5,8-9,11,26-27H,6-7,10H2,1H3,(H2,24,25,28)/t11-/m0/s1. The number of aliphatic hydroxyl groups is 1. The summed E-state index contributed by atoms with van der Waals surface area (Å²) in [7, 11) is 0. The normalized spacial score (nSPS) is 12.2. The number of halogens is 3. The van der Waals surface area contributed by atoms with Crippen LogP contribution >= 0.6 is 0 Å². The highest BCUT2D eigenvalue weighted by Crippen LogP contribution is 2.32. The van der Waals surface area contributed by atoms with Gasteiger partial charge >= 0.3 is 6.03 Å². The molecule has 1 aromatic heterocycles. The van der Waals surface area contributed by atoms with Crippen molar-refractivity contribution in [1.82, 2.24) is 15.6 Å². The third kappa shape index (κ3) is 4.45. The zero-order valence-electron chi connectivity index (χ0n) is 15.2. The number of carbonyl (C=O) groups excluding carboxylic acids is 1.